The van der Waals surface area contributed by atoms with Crippen molar-refractivity contribution in [1.29, 1.82) is 0 Å². The summed E-state index contributed by atoms with van der Waals surface area (Å²) in [5, 5.41) is 14.8. The summed E-state index contributed by atoms with van der Waals surface area (Å²) < 4.78 is 0. The highest BCUT2D eigenvalue weighted by molar-refractivity contribution is 7.09. The summed E-state index contributed by atoms with van der Waals surface area (Å²) in [5.41, 5.74) is 3.07. The van der Waals surface area contributed by atoms with Gasteiger partial charge in [-0.05, 0) is 38.1 Å². The third-order valence-electron chi connectivity index (χ3n) is 2.98. The van der Waals surface area contributed by atoms with Crippen molar-refractivity contribution in [2.24, 2.45) is 0 Å². The first-order chi connectivity index (χ1) is 9.72. The second-order valence-corrected chi connectivity index (χ2v) is 5.59. The van der Waals surface area contributed by atoms with E-state index < -0.39 is 0 Å². The van der Waals surface area contributed by atoms with Crippen molar-refractivity contribution >= 4 is 17.0 Å². The quantitative estimate of drug-likeness (QED) is 0.799. The van der Waals surface area contributed by atoms with E-state index in [1.165, 1.54) is 0 Å². The first kappa shape index (κ1) is 12.8. The Labute approximate surface area is 121 Å². The molecule has 2 heterocycles. The Hall–Kier alpha value is -2.21. The van der Waals surface area contributed by atoms with Crippen LogP contribution in [0.3, 0.4) is 0 Å². The van der Waals surface area contributed by atoms with Crippen molar-refractivity contribution in [1.82, 2.24) is 20.0 Å². The lowest BCUT2D eigenvalue weighted by atomic mass is 10.2. The fraction of sp³-hybridized carbons (Fsp3) is 0.214. The van der Waals surface area contributed by atoms with Crippen LogP contribution in [0.25, 0.3) is 5.69 Å². The Morgan fingerprint density at radius 3 is 2.45 bits per heavy atom. The molecule has 0 spiro atoms. The van der Waals surface area contributed by atoms with E-state index in [0.29, 0.717) is 0 Å². The van der Waals surface area contributed by atoms with E-state index in [4.69, 9.17) is 0 Å². The monoisotopic (exact) mass is 285 g/mol. The maximum absolute atomic E-state index is 4.50. The fourth-order valence-electron chi connectivity index (χ4n) is 1.94. The van der Waals surface area contributed by atoms with Crippen LogP contribution in [-0.4, -0.2) is 20.0 Å². The van der Waals surface area contributed by atoms with Crippen molar-refractivity contribution in [3.8, 4) is 5.69 Å². The molecule has 0 aliphatic rings. The number of aryl methyl sites for hydroxylation is 1. The maximum atomic E-state index is 4.50. The molecule has 1 atom stereocenters. The van der Waals surface area contributed by atoms with E-state index in [2.05, 4.69) is 32.8 Å². The highest BCUT2D eigenvalue weighted by atomic mass is 32.1. The van der Waals surface area contributed by atoms with Crippen molar-refractivity contribution < 1.29 is 0 Å². The molecule has 0 aliphatic heterocycles. The first-order valence-electron chi connectivity index (χ1n) is 6.38. The predicted octanol–water partition coefficient (Wildman–Crippen LogP) is 3.21. The van der Waals surface area contributed by atoms with Crippen molar-refractivity contribution in [3.63, 3.8) is 0 Å². The first-order valence-corrected chi connectivity index (χ1v) is 7.25. The predicted molar refractivity (Wildman–Crippen MR) is 80.2 cm³/mol. The van der Waals surface area contributed by atoms with Crippen LogP contribution in [0.4, 0.5) is 5.69 Å². The topological polar surface area (TPSA) is 55.6 Å². The number of thiazole rings is 1. The van der Waals surface area contributed by atoms with Gasteiger partial charge in [0.2, 0.25) is 0 Å². The van der Waals surface area contributed by atoms with E-state index in [1.807, 2.05) is 31.2 Å². The Kier molecular flexibility index (Phi) is 3.47. The summed E-state index contributed by atoms with van der Waals surface area (Å²) >= 11 is 1.67. The molecular formula is C14H15N5S. The van der Waals surface area contributed by atoms with Gasteiger partial charge in [-0.2, -0.15) is 15.0 Å². The Bertz CT molecular complexity index is 672. The molecular weight excluding hydrogens is 270 g/mol. The molecule has 102 valence electrons. The largest absolute Gasteiger partial charge is 0.377 e. The van der Waals surface area contributed by atoms with E-state index >= 15 is 0 Å². The van der Waals surface area contributed by atoms with Crippen LogP contribution >= 0.6 is 11.3 Å². The van der Waals surface area contributed by atoms with Crippen LogP contribution in [0.2, 0.25) is 0 Å². The summed E-state index contributed by atoms with van der Waals surface area (Å²) in [6.45, 7) is 4.13. The minimum Gasteiger partial charge on any atom is -0.377 e. The Morgan fingerprint density at radius 2 is 1.85 bits per heavy atom. The van der Waals surface area contributed by atoms with Crippen LogP contribution < -0.4 is 5.32 Å². The molecule has 1 N–H and O–H groups in total. The molecule has 20 heavy (non-hydrogen) atoms. The minimum atomic E-state index is 0.189. The normalized spacial score (nSPS) is 12.3. The summed E-state index contributed by atoms with van der Waals surface area (Å²) in [7, 11) is 0. The molecule has 0 fully saturated rings. The third kappa shape index (κ3) is 2.70. The smallest absolute Gasteiger partial charge is 0.0898 e. The zero-order valence-electron chi connectivity index (χ0n) is 11.3. The molecule has 0 amide bonds. The molecule has 6 heteroatoms. The van der Waals surface area contributed by atoms with Gasteiger partial charge in [-0.3, -0.25) is 0 Å². The van der Waals surface area contributed by atoms with E-state index in [0.717, 1.165) is 22.1 Å². The summed E-state index contributed by atoms with van der Waals surface area (Å²) in [4.78, 5) is 6.09. The zero-order valence-corrected chi connectivity index (χ0v) is 12.1. The fourth-order valence-corrected chi connectivity index (χ4v) is 2.65. The van der Waals surface area contributed by atoms with Gasteiger partial charge in [0.25, 0.3) is 0 Å². The summed E-state index contributed by atoms with van der Waals surface area (Å²) in [6, 6.07) is 8.21. The number of hydrogen-bond donors (Lipinski definition) is 1. The number of rotatable bonds is 4. The van der Waals surface area contributed by atoms with Gasteiger partial charge in [0, 0.05) is 11.1 Å². The van der Waals surface area contributed by atoms with E-state index in [1.54, 1.807) is 28.5 Å². The van der Waals surface area contributed by atoms with Gasteiger partial charge in [-0.15, -0.1) is 11.3 Å². The third-order valence-corrected chi connectivity index (χ3v) is 3.77. The Morgan fingerprint density at radius 1 is 1.15 bits per heavy atom. The maximum Gasteiger partial charge on any atom is 0.0898 e. The molecule has 2 aromatic heterocycles. The number of nitrogens with one attached hydrogen (secondary N) is 1. The molecule has 3 rings (SSSR count). The van der Waals surface area contributed by atoms with Crippen LogP contribution in [-0.2, 0) is 0 Å². The van der Waals surface area contributed by atoms with Gasteiger partial charge < -0.3 is 5.32 Å². The average Bonchev–Trinajstić information content (AvgIpc) is 3.10. The summed E-state index contributed by atoms with van der Waals surface area (Å²) in [6.07, 6.45) is 3.33. The minimum absolute atomic E-state index is 0.189. The summed E-state index contributed by atoms with van der Waals surface area (Å²) in [5.74, 6) is 0. The lowest BCUT2D eigenvalue weighted by Crippen LogP contribution is -2.07. The van der Waals surface area contributed by atoms with Gasteiger partial charge in [0.15, 0.2) is 0 Å². The molecule has 0 radical (unpaired) electrons. The molecule has 0 aliphatic carbocycles. The molecule has 1 aromatic carbocycles. The average molecular weight is 285 g/mol. The molecule has 5 nitrogen and oxygen atoms in total. The van der Waals surface area contributed by atoms with Crippen molar-refractivity contribution in [3.05, 3.63) is 52.7 Å². The zero-order chi connectivity index (χ0) is 13.9. The highest BCUT2D eigenvalue weighted by Crippen LogP contribution is 2.21. The Balaban J connectivity index is 1.72. The SMILES string of the molecule is Cc1nc(C(C)Nc2ccc(-n3nccn3)cc2)cs1. The van der Waals surface area contributed by atoms with Crippen LogP contribution in [0.5, 0.6) is 0 Å². The van der Waals surface area contributed by atoms with Gasteiger partial charge in [0.1, 0.15) is 0 Å². The molecule has 0 saturated carbocycles. The van der Waals surface area contributed by atoms with Crippen LogP contribution in [0.1, 0.15) is 23.7 Å². The van der Waals surface area contributed by atoms with E-state index in [-0.39, 0.29) is 6.04 Å². The molecule has 0 bridgehead atoms. The van der Waals surface area contributed by atoms with Gasteiger partial charge >= 0.3 is 0 Å². The van der Waals surface area contributed by atoms with Gasteiger partial charge in [-0.1, -0.05) is 0 Å². The molecule has 3 aromatic rings. The standard InChI is InChI=1S/C14H15N5S/c1-10(14-9-20-11(2)18-14)17-12-3-5-13(6-4-12)19-15-7-8-16-19/h3-10,17H,1-2H3. The van der Waals surface area contributed by atoms with Crippen molar-refractivity contribution in [2.45, 2.75) is 19.9 Å². The number of aromatic nitrogens is 4. The van der Waals surface area contributed by atoms with Crippen LogP contribution in [0, 0.1) is 6.92 Å². The van der Waals surface area contributed by atoms with E-state index in [9.17, 15) is 0 Å². The number of benzene rings is 1. The second-order valence-electron chi connectivity index (χ2n) is 4.52. The molecule has 1 unspecified atom stereocenters. The number of hydrogen-bond acceptors (Lipinski definition) is 5. The number of anilines is 1. The number of nitrogens with zero attached hydrogens (tertiary/aromatic N) is 4. The van der Waals surface area contributed by atoms with Crippen LogP contribution in [0.15, 0.2) is 42.0 Å². The molecule has 0 saturated heterocycles. The lowest BCUT2D eigenvalue weighted by molar-refractivity contribution is 0.752. The van der Waals surface area contributed by atoms with Gasteiger partial charge in [0.05, 0.1) is 34.8 Å². The highest BCUT2D eigenvalue weighted by Gasteiger charge is 2.08. The van der Waals surface area contributed by atoms with Gasteiger partial charge in [-0.25, -0.2) is 4.98 Å². The van der Waals surface area contributed by atoms with Crippen molar-refractivity contribution in [2.75, 3.05) is 5.32 Å². The lowest BCUT2D eigenvalue weighted by Gasteiger charge is -2.13. The second kappa shape index (κ2) is 5.42.